The topological polar surface area (TPSA) is 42.2 Å². The lowest BCUT2D eigenvalue weighted by Crippen LogP contribution is -1.91. The van der Waals surface area contributed by atoms with Crippen molar-refractivity contribution in [3.63, 3.8) is 0 Å². The molecule has 102 valence electrons. The molecule has 0 fully saturated rings. The normalized spacial score (nSPS) is 9.95. The minimum Gasteiger partial charge on any atom is -0.496 e. The molecule has 6 heteroatoms. The Bertz CT molecular complexity index is 698. The van der Waals surface area contributed by atoms with Crippen molar-refractivity contribution in [1.82, 2.24) is 0 Å². The van der Waals surface area contributed by atoms with Gasteiger partial charge in [0.05, 0.1) is 21.6 Å². The monoisotopic (exact) mass is 415 g/mol. The van der Waals surface area contributed by atoms with E-state index in [9.17, 15) is 0 Å². The summed E-state index contributed by atoms with van der Waals surface area (Å²) in [5.41, 5.74) is 0.372. The average Bonchev–Trinajstić information content (AvgIpc) is 2.44. The van der Waals surface area contributed by atoms with E-state index < -0.39 is 0 Å². The summed E-state index contributed by atoms with van der Waals surface area (Å²) in [4.78, 5) is 0. The van der Waals surface area contributed by atoms with Crippen molar-refractivity contribution >= 4 is 43.5 Å². The van der Waals surface area contributed by atoms with Gasteiger partial charge in [-0.05, 0) is 62.2 Å². The van der Waals surface area contributed by atoms with Crippen LogP contribution in [-0.4, -0.2) is 7.11 Å². The van der Waals surface area contributed by atoms with E-state index in [0.29, 0.717) is 27.8 Å². The van der Waals surface area contributed by atoms with Gasteiger partial charge in [-0.1, -0.05) is 11.6 Å². The summed E-state index contributed by atoms with van der Waals surface area (Å²) < 4.78 is 12.4. The van der Waals surface area contributed by atoms with Gasteiger partial charge in [0.15, 0.2) is 0 Å². The van der Waals surface area contributed by atoms with Crippen LogP contribution in [0.1, 0.15) is 5.56 Å². The van der Waals surface area contributed by atoms with E-state index in [1.54, 1.807) is 37.4 Å². The molecular formula is C14H8Br2ClNO2. The lowest BCUT2D eigenvalue weighted by molar-refractivity contribution is 0.409. The summed E-state index contributed by atoms with van der Waals surface area (Å²) in [5, 5.41) is 9.59. The Balaban J connectivity index is 2.41. The summed E-state index contributed by atoms with van der Waals surface area (Å²) >= 11 is 12.7. The molecule has 0 aromatic heterocycles. The summed E-state index contributed by atoms with van der Waals surface area (Å²) in [6.45, 7) is 0. The number of nitrogens with zero attached hydrogens (tertiary/aromatic N) is 1. The van der Waals surface area contributed by atoms with Crippen molar-refractivity contribution in [3.8, 4) is 23.3 Å². The first kappa shape index (κ1) is 15.2. The molecule has 0 aliphatic heterocycles. The average molecular weight is 417 g/mol. The summed E-state index contributed by atoms with van der Waals surface area (Å²) in [6.07, 6.45) is 0. The molecule has 0 aliphatic rings. The molecule has 0 heterocycles. The lowest BCUT2D eigenvalue weighted by Gasteiger charge is -2.12. The minimum absolute atomic E-state index is 0.372. The van der Waals surface area contributed by atoms with Gasteiger partial charge in [0.1, 0.15) is 23.3 Å². The fourth-order valence-corrected chi connectivity index (χ4v) is 2.60. The summed E-state index contributed by atoms with van der Waals surface area (Å²) in [7, 11) is 1.58. The second-order valence-electron chi connectivity index (χ2n) is 3.77. The van der Waals surface area contributed by atoms with Crippen LogP contribution in [0, 0.1) is 11.3 Å². The largest absolute Gasteiger partial charge is 0.496 e. The number of methoxy groups -OCH3 is 1. The van der Waals surface area contributed by atoms with E-state index in [1.165, 1.54) is 0 Å². The first-order valence-corrected chi connectivity index (χ1v) is 7.42. The highest BCUT2D eigenvalue weighted by molar-refractivity contribution is 9.11. The van der Waals surface area contributed by atoms with Crippen LogP contribution in [0.15, 0.2) is 39.3 Å². The zero-order chi connectivity index (χ0) is 14.7. The number of ether oxygens (including phenoxy) is 2. The highest BCUT2D eigenvalue weighted by Crippen LogP contribution is 2.39. The number of rotatable bonds is 3. The molecule has 0 radical (unpaired) electrons. The predicted octanol–water partition coefficient (Wildman–Crippen LogP) is 5.54. The number of hydrogen-bond acceptors (Lipinski definition) is 3. The fourth-order valence-electron chi connectivity index (χ4n) is 1.54. The van der Waals surface area contributed by atoms with Crippen molar-refractivity contribution < 1.29 is 9.47 Å². The number of halogens is 3. The van der Waals surface area contributed by atoms with Gasteiger partial charge in [0, 0.05) is 5.02 Å². The van der Waals surface area contributed by atoms with Gasteiger partial charge in [-0.15, -0.1) is 0 Å². The van der Waals surface area contributed by atoms with Crippen LogP contribution in [0.4, 0.5) is 0 Å². The van der Waals surface area contributed by atoms with Crippen LogP contribution in [0.5, 0.6) is 17.2 Å². The Morgan fingerprint density at radius 3 is 2.35 bits per heavy atom. The molecule has 2 aromatic rings. The molecule has 0 saturated heterocycles. The van der Waals surface area contributed by atoms with E-state index >= 15 is 0 Å². The van der Waals surface area contributed by atoms with Crippen LogP contribution in [0.25, 0.3) is 0 Å². The highest BCUT2D eigenvalue weighted by atomic mass is 79.9. The standard InChI is InChI=1S/C14H8Br2ClNO2/c1-19-13-5-11(16)14(6-10(13)15)20-12-3-2-9(17)4-8(12)7-18/h2-6H,1H3. The zero-order valence-corrected chi connectivity index (χ0v) is 14.2. The third-order valence-corrected chi connectivity index (χ3v) is 3.96. The quantitative estimate of drug-likeness (QED) is 0.659. The molecule has 2 rings (SSSR count). The van der Waals surface area contributed by atoms with E-state index in [4.69, 9.17) is 26.3 Å². The maximum atomic E-state index is 9.10. The van der Waals surface area contributed by atoms with Crippen molar-refractivity contribution in [2.75, 3.05) is 7.11 Å². The third kappa shape index (κ3) is 3.26. The van der Waals surface area contributed by atoms with E-state index in [1.807, 2.05) is 0 Å². The lowest BCUT2D eigenvalue weighted by atomic mass is 10.2. The predicted molar refractivity (Wildman–Crippen MR) is 84.6 cm³/mol. The van der Waals surface area contributed by atoms with Gasteiger partial charge in [-0.3, -0.25) is 0 Å². The summed E-state index contributed by atoms with van der Waals surface area (Å²) in [5.74, 6) is 1.69. The first-order valence-electron chi connectivity index (χ1n) is 5.45. The van der Waals surface area contributed by atoms with E-state index in [-0.39, 0.29) is 0 Å². The number of hydrogen-bond donors (Lipinski definition) is 0. The minimum atomic E-state index is 0.372. The molecule has 0 aliphatic carbocycles. The molecule has 0 saturated carbocycles. The van der Waals surface area contributed by atoms with Crippen molar-refractivity contribution in [1.29, 1.82) is 5.26 Å². The van der Waals surface area contributed by atoms with Gasteiger partial charge in [0.2, 0.25) is 0 Å². The second kappa shape index (κ2) is 6.49. The molecule has 0 unspecified atom stereocenters. The molecule has 0 bridgehead atoms. The van der Waals surface area contributed by atoms with Crippen molar-refractivity contribution in [3.05, 3.63) is 49.9 Å². The molecular weight excluding hydrogens is 409 g/mol. The summed E-state index contributed by atoms with van der Waals surface area (Å²) in [6, 6.07) is 10.5. The maximum Gasteiger partial charge on any atom is 0.145 e. The molecule has 0 amide bonds. The Hall–Kier alpha value is -1.22. The Labute approximate surface area is 138 Å². The Kier molecular flexibility index (Phi) is 4.92. The number of benzene rings is 2. The van der Waals surface area contributed by atoms with Gasteiger partial charge >= 0.3 is 0 Å². The van der Waals surface area contributed by atoms with E-state index in [0.717, 1.165) is 8.95 Å². The van der Waals surface area contributed by atoms with Crippen LogP contribution in [0.2, 0.25) is 5.02 Å². The van der Waals surface area contributed by atoms with Gasteiger partial charge in [0.25, 0.3) is 0 Å². The second-order valence-corrected chi connectivity index (χ2v) is 5.92. The molecule has 3 nitrogen and oxygen atoms in total. The maximum absolute atomic E-state index is 9.10. The molecule has 0 spiro atoms. The highest BCUT2D eigenvalue weighted by Gasteiger charge is 2.11. The van der Waals surface area contributed by atoms with Crippen LogP contribution >= 0.6 is 43.5 Å². The van der Waals surface area contributed by atoms with Gasteiger partial charge < -0.3 is 9.47 Å². The smallest absolute Gasteiger partial charge is 0.145 e. The van der Waals surface area contributed by atoms with Gasteiger partial charge in [-0.2, -0.15) is 5.26 Å². The van der Waals surface area contributed by atoms with Crippen LogP contribution in [0.3, 0.4) is 0 Å². The van der Waals surface area contributed by atoms with Gasteiger partial charge in [-0.25, -0.2) is 0 Å². The first-order chi connectivity index (χ1) is 9.55. The Morgan fingerprint density at radius 2 is 1.70 bits per heavy atom. The SMILES string of the molecule is COc1cc(Br)c(Oc2ccc(Cl)cc2C#N)cc1Br. The molecule has 0 atom stereocenters. The zero-order valence-electron chi connectivity index (χ0n) is 10.3. The van der Waals surface area contributed by atoms with E-state index in [2.05, 4.69) is 37.9 Å². The molecule has 0 N–H and O–H groups in total. The number of nitriles is 1. The molecule has 2 aromatic carbocycles. The van der Waals surface area contributed by atoms with Crippen molar-refractivity contribution in [2.45, 2.75) is 0 Å². The van der Waals surface area contributed by atoms with Crippen molar-refractivity contribution in [2.24, 2.45) is 0 Å². The van der Waals surface area contributed by atoms with Crippen LogP contribution in [-0.2, 0) is 0 Å². The fraction of sp³-hybridized carbons (Fsp3) is 0.0714. The molecule has 20 heavy (non-hydrogen) atoms. The van der Waals surface area contributed by atoms with Crippen LogP contribution < -0.4 is 9.47 Å². The third-order valence-electron chi connectivity index (χ3n) is 2.49. The Morgan fingerprint density at radius 1 is 1.05 bits per heavy atom.